The van der Waals surface area contributed by atoms with Gasteiger partial charge >= 0.3 is 0 Å². The van der Waals surface area contributed by atoms with E-state index in [9.17, 15) is 14.0 Å². The van der Waals surface area contributed by atoms with Crippen LogP contribution >= 0.6 is 0 Å². The number of hydrogen-bond donors (Lipinski definition) is 2. The maximum atomic E-state index is 12.9. The molecule has 0 radical (unpaired) electrons. The van der Waals surface area contributed by atoms with Crippen LogP contribution in [0.15, 0.2) is 53.3 Å². The molecule has 26 heavy (non-hydrogen) atoms. The van der Waals surface area contributed by atoms with Crippen molar-refractivity contribution < 1.29 is 9.18 Å². The van der Waals surface area contributed by atoms with Crippen LogP contribution in [-0.4, -0.2) is 17.4 Å². The number of halogens is 1. The van der Waals surface area contributed by atoms with Crippen LogP contribution in [0.1, 0.15) is 23.1 Å². The molecule has 0 aliphatic carbocycles. The Morgan fingerprint density at radius 3 is 2.65 bits per heavy atom. The fourth-order valence-corrected chi connectivity index (χ4v) is 2.95. The first-order valence-electron chi connectivity index (χ1n) is 8.65. The maximum absolute atomic E-state index is 12.9. The number of carbonyl (C=O) groups excluding carboxylic acids is 1. The van der Waals surface area contributed by atoms with Gasteiger partial charge in [0.1, 0.15) is 5.82 Å². The first kappa shape index (κ1) is 17.9. The van der Waals surface area contributed by atoms with E-state index in [-0.39, 0.29) is 23.7 Å². The van der Waals surface area contributed by atoms with Crippen molar-refractivity contribution in [3.05, 3.63) is 81.4 Å². The first-order chi connectivity index (χ1) is 12.5. The van der Waals surface area contributed by atoms with Gasteiger partial charge in [0.15, 0.2) is 0 Å². The minimum atomic E-state index is -0.270. The van der Waals surface area contributed by atoms with E-state index in [0.29, 0.717) is 24.9 Å². The van der Waals surface area contributed by atoms with E-state index in [1.54, 1.807) is 12.1 Å². The van der Waals surface area contributed by atoms with Crippen molar-refractivity contribution in [2.75, 3.05) is 6.54 Å². The molecule has 134 valence electrons. The number of pyridine rings is 1. The fourth-order valence-electron chi connectivity index (χ4n) is 2.95. The van der Waals surface area contributed by atoms with Crippen molar-refractivity contribution in [3.63, 3.8) is 0 Å². The molecule has 2 N–H and O–H groups in total. The molecular weight excluding hydrogens is 331 g/mol. The summed E-state index contributed by atoms with van der Waals surface area (Å²) >= 11 is 0. The van der Waals surface area contributed by atoms with Crippen molar-refractivity contribution in [2.45, 2.75) is 26.2 Å². The van der Waals surface area contributed by atoms with Crippen molar-refractivity contribution in [2.24, 2.45) is 0 Å². The third-order valence-corrected chi connectivity index (χ3v) is 4.44. The largest absolute Gasteiger partial charge is 0.356 e. The number of aryl methyl sites for hydroxylation is 2. The molecular formula is C21H21FN2O2. The number of amides is 1. The van der Waals surface area contributed by atoms with Crippen LogP contribution in [0.25, 0.3) is 10.9 Å². The number of benzene rings is 2. The van der Waals surface area contributed by atoms with Gasteiger partial charge in [0.2, 0.25) is 5.91 Å². The second-order valence-corrected chi connectivity index (χ2v) is 6.39. The molecule has 1 heterocycles. The zero-order chi connectivity index (χ0) is 18.5. The summed E-state index contributed by atoms with van der Waals surface area (Å²) in [6.45, 7) is 2.43. The summed E-state index contributed by atoms with van der Waals surface area (Å²) < 4.78 is 12.9. The Kier molecular flexibility index (Phi) is 5.46. The van der Waals surface area contributed by atoms with Gasteiger partial charge in [-0.2, -0.15) is 0 Å². The van der Waals surface area contributed by atoms with Crippen molar-refractivity contribution >= 4 is 16.8 Å². The minimum Gasteiger partial charge on any atom is -0.356 e. The summed E-state index contributed by atoms with van der Waals surface area (Å²) in [6, 6.07) is 13.9. The quantitative estimate of drug-likeness (QED) is 0.715. The molecule has 3 aromatic rings. The fraction of sp³-hybridized carbons (Fsp3) is 0.238. The highest BCUT2D eigenvalue weighted by Crippen LogP contribution is 2.15. The average Bonchev–Trinajstić information content (AvgIpc) is 2.62. The number of fused-ring (bicyclic) bond motifs is 1. The van der Waals surface area contributed by atoms with Crippen molar-refractivity contribution in [1.82, 2.24) is 10.3 Å². The van der Waals surface area contributed by atoms with Crippen LogP contribution in [0.5, 0.6) is 0 Å². The number of aromatic nitrogens is 1. The van der Waals surface area contributed by atoms with Crippen LogP contribution in [0.2, 0.25) is 0 Å². The highest BCUT2D eigenvalue weighted by molar-refractivity contribution is 5.82. The molecule has 5 heteroatoms. The van der Waals surface area contributed by atoms with Crippen LogP contribution in [0.4, 0.5) is 4.39 Å². The molecule has 0 bridgehead atoms. The van der Waals surface area contributed by atoms with Crippen LogP contribution in [0.3, 0.4) is 0 Å². The number of rotatable bonds is 6. The molecule has 2 aromatic carbocycles. The molecule has 0 aliphatic rings. The summed E-state index contributed by atoms with van der Waals surface area (Å²) in [7, 11) is 0. The second-order valence-electron chi connectivity index (χ2n) is 6.39. The van der Waals surface area contributed by atoms with E-state index in [2.05, 4.69) is 10.3 Å². The SMILES string of the molecule is Cc1cccc2cc(CCC(=O)NCCc3ccc(F)cc3)c(=O)[nH]c12. The van der Waals surface area contributed by atoms with Gasteiger partial charge in [0.05, 0.1) is 5.52 Å². The van der Waals surface area contributed by atoms with Gasteiger partial charge in [0, 0.05) is 18.5 Å². The third kappa shape index (κ3) is 4.36. The normalized spacial score (nSPS) is 10.8. The summed E-state index contributed by atoms with van der Waals surface area (Å²) in [5.74, 6) is -0.371. The van der Waals surface area contributed by atoms with E-state index in [4.69, 9.17) is 0 Å². The Hall–Kier alpha value is -2.95. The summed E-state index contributed by atoms with van der Waals surface area (Å²) in [6.07, 6.45) is 1.28. The topological polar surface area (TPSA) is 62.0 Å². The molecule has 4 nitrogen and oxygen atoms in total. The number of carbonyl (C=O) groups is 1. The number of para-hydroxylation sites is 1. The second kappa shape index (κ2) is 7.95. The Bertz CT molecular complexity index is 977. The molecule has 1 amide bonds. The summed E-state index contributed by atoms with van der Waals surface area (Å²) in [4.78, 5) is 27.1. The zero-order valence-corrected chi connectivity index (χ0v) is 14.6. The lowest BCUT2D eigenvalue weighted by molar-refractivity contribution is -0.121. The average molecular weight is 352 g/mol. The molecule has 0 spiro atoms. The molecule has 0 atom stereocenters. The lowest BCUT2D eigenvalue weighted by Crippen LogP contribution is -2.26. The smallest absolute Gasteiger partial charge is 0.251 e. The Morgan fingerprint density at radius 1 is 1.12 bits per heavy atom. The minimum absolute atomic E-state index is 0.101. The third-order valence-electron chi connectivity index (χ3n) is 4.44. The molecule has 0 saturated heterocycles. The number of hydrogen-bond acceptors (Lipinski definition) is 2. The van der Waals surface area contributed by atoms with Crippen LogP contribution < -0.4 is 10.9 Å². The number of H-pyrrole nitrogens is 1. The van der Waals surface area contributed by atoms with Gasteiger partial charge in [-0.25, -0.2) is 4.39 Å². The Labute approximate surface area is 151 Å². The van der Waals surface area contributed by atoms with Gasteiger partial charge in [-0.3, -0.25) is 9.59 Å². The highest BCUT2D eigenvalue weighted by atomic mass is 19.1. The monoisotopic (exact) mass is 352 g/mol. The van der Waals surface area contributed by atoms with Crippen molar-refractivity contribution in [1.29, 1.82) is 0 Å². The highest BCUT2D eigenvalue weighted by Gasteiger charge is 2.08. The predicted molar refractivity (Wildman–Crippen MR) is 101 cm³/mol. The van der Waals surface area contributed by atoms with Gasteiger partial charge in [-0.05, 0) is 54.5 Å². The first-order valence-corrected chi connectivity index (χ1v) is 8.65. The maximum Gasteiger partial charge on any atom is 0.251 e. The lowest BCUT2D eigenvalue weighted by atomic mass is 10.1. The van der Waals surface area contributed by atoms with E-state index in [1.165, 1.54) is 12.1 Å². The Morgan fingerprint density at radius 2 is 1.88 bits per heavy atom. The predicted octanol–water partition coefficient (Wildman–Crippen LogP) is 3.27. The number of nitrogens with one attached hydrogen (secondary N) is 2. The van der Waals surface area contributed by atoms with E-state index < -0.39 is 0 Å². The van der Waals surface area contributed by atoms with Crippen LogP contribution in [-0.2, 0) is 17.6 Å². The molecule has 3 rings (SSSR count). The van der Waals surface area contributed by atoms with Gasteiger partial charge in [0.25, 0.3) is 5.56 Å². The van der Waals surface area contributed by atoms with Gasteiger partial charge in [-0.1, -0.05) is 30.3 Å². The molecule has 0 saturated carbocycles. The van der Waals surface area contributed by atoms with E-state index in [1.807, 2.05) is 31.2 Å². The molecule has 1 aromatic heterocycles. The summed E-state index contributed by atoms with van der Waals surface area (Å²) in [5.41, 5.74) is 3.28. The Balaban J connectivity index is 1.54. The van der Waals surface area contributed by atoms with Crippen molar-refractivity contribution in [3.8, 4) is 0 Å². The zero-order valence-electron chi connectivity index (χ0n) is 14.6. The van der Waals surface area contributed by atoms with E-state index >= 15 is 0 Å². The lowest BCUT2D eigenvalue weighted by Gasteiger charge is -2.07. The molecule has 0 aliphatic heterocycles. The molecule has 0 fully saturated rings. The molecule has 0 unspecified atom stereocenters. The van der Waals surface area contributed by atoms with E-state index in [0.717, 1.165) is 22.0 Å². The van der Waals surface area contributed by atoms with Gasteiger partial charge in [-0.15, -0.1) is 0 Å². The summed E-state index contributed by atoms with van der Waals surface area (Å²) in [5, 5.41) is 3.81. The standard InChI is InChI=1S/C21H21FN2O2/c1-14-3-2-4-16-13-17(21(26)24-20(14)16)7-10-19(25)23-12-11-15-5-8-18(22)9-6-15/h2-6,8-9,13H,7,10-12H2,1H3,(H,23,25)(H,24,26). The number of aromatic amines is 1. The van der Waals surface area contributed by atoms with Crippen LogP contribution in [0, 0.1) is 12.7 Å². The van der Waals surface area contributed by atoms with Gasteiger partial charge < -0.3 is 10.3 Å².